The van der Waals surface area contributed by atoms with Crippen LogP contribution in [-0.4, -0.2) is 69.4 Å². The highest BCUT2D eigenvalue weighted by atomic mass is 35.5. The number of benzene rings is 2. The molecule has 0 aliphatic carbocycles. The van der Waals surface area contributed by atoms with Crippen LogP contribution < -0.4 is 9.64 Å². The smallest absolute Gasteiger partial charge is 0.243 e. The molecule has 2 aromatic carbocycles. The van der Waals surface area contributed by atoms with E-state index in [1.54, 1.807) is 18.2 Å². The summed E-state index contributed by atoms with van der Waals surface area (Å²) < 4.78 is 33.7. The summed E-state index contributed by atoms with van der Waals surface area (Å²) in [5, 5.41) is 0.697. The zero-order valence-corrected chi connectivity index (χ0v) is 21.3. The summed E-state index contributed by atoms with van der Waals surface area (Å²) in [4.78, 5) is 17.6. The summed E-state index contributed by atoms with van der Waals surface area (Å²) in [5.74, 6) is 0.420. The SMILES string of the molecule is CCOc1ccc(S(=O)(=O)N2CCC[C@H](C(=O)N3CCN(c4cccc(Cl)c4)CC3)C2)cc1C. The van der Waals surface area contributed by atoms with E-state index in [1.165, 1.54) is 4.31 Å². The molecule has 7 nitrogen and oxygen atoms in total. The average molecular weight is 506 g/mol. The van der Waals surface area contributed by atoms with Crippen LogP contribution in [0.4, 0.5) is 5.69 Å². The lowest BCUT2D eigenvalue weighted by Crippen LogP contribution is -2.53. The highest BCUT2D eigenvalue weighted by Gasteiger charge is 2.36. The third-order valence-electron chi connectivity index (χ3n) is 6.58. The van der Waals surface area contributed by atoms with Crippen LogP contribution in [0, 0.1) is 12.8 Å². The number of anilines is 1. The predicted molar refractivity (Wildman–Crippen MR) is 134 cm³/mol. The molecule has 1 amide bonds. The Kier molecular flexibility index (Phi) is 7.70. The van der Waals surface area contributed by atoms with E-state index in [1.807, 2.05) is 43.0 Å². The molecule has 2 aromatic rings. The molecule has 0 radical (unpaired) electrons. The van der Waals surface area contributed by atoms with Crippen molar-refractivity contribution in [3.05, 3.63) is 53.1 Å². The quantitative estimate of drug-likeness (QED) is 0.597. The molecular weight excluding hydrogens is 474 g/mol. The Labute approximate surface area is 207 Å². The molecule has 9 heteroatoms. The fraction of sp³-hybridized carbons (Fsp3) is 0.480. The van der Waals surface area contributed by atoms with Crippen molar-refractivity contribution < 1.29 is 17.9 Å². The summed E-state index contributed by atoms with van der Waals surface area (Å²) >= 11 is 6.12. The van der Waals surface area contributed by atoms with Crippen LogP contribution >= 0.6 is 11.6 Å². The van der Waals surface area contributed by atoms with Gasteiger partial charge in [-0.05, 0) is 68.7 Å². The van der Waals surface area contributed by atoms with Gasteiger partial charge in [0.2, 0.25) is 15.9 Å². The maximum atomic E-state index is 13.3. The third-order valence-corrected chi connectivity index (χ3v) is 8.68. The van der Waals surface area contributed by atoms with Crippen molar-refractivity contribution in [1.82, 2.24) is 9.21 Å². The van der Waals surface area contributed by atoms with Crippen molar-refractivity contribution in [1.29, 1.82) is 0 Å². The number of hydrogen-bond acceptors (Lipinski definition) is 5. The van der Waals surface area contributed by atoms with Crippen LogP contribution in [-0.2, 0) is 14.8 Å². The van der Waals surface area contributed by atoms with Crippen molar-refractivity contribution in [2.24, 2.45) is 5.92 Å². The van der Waals surface area contributed by atoms with E-state index in [4.69, 9.17) is 16.3 Å². The first-order valence-electron chi connectivity index (χ1n) is 11.8. The molecule has 0 spiro atoms. The number of amides is 1. The molecule has 1 atom stereocenters. The topological polar surface area (TPSA) is 70.2 Å². The molecule has 2 saturated heterocycles. The first-order chi connectivity index (χ1) is 16.3. The van der Waals surface area contributed by atoms with Gasteiger partial charge in [-0.3, -0.25) is 4.79 Å². The Morgan fingerprint density at radius 2 is 1.85 bits per heavy atom. The number of sulfonamides is 1. The highest BCUT2D eigenvalue weighted by molar-refractivity contribution is 7.89. The summed E-state index contributed by atoms with van der Waals surface area (Å²) in [6.45, 7) is 7.61. The molecule has 2 fully saturated rings. The van der Waals surface area contributed by atoms with E-state index in [0.29, 0.717) is 49.9 Å². The second-order valence-electron chi connectivity index (χ2n) is 8.85. The van der Waals surface area contributed by atoms with Gasteiger partial charge in [0.05, 0.1) is 17.4 Å². The maximum Gasteiger partial charge on any atom is 0.243 e. The van der Waals surface area contributed by atoms with Crippen LogP contribution in [0.3, 0.4) is 0 Å². The lowest BCUT2D eigenvalue weighted by atomic mass is 9.97. The minimum absolute atomic E-state index is 0.0496. The van der Waals surface area contributed by atoms with Crippen LogP contribution in [0.25, 0.3) is 0 Å². The standard InChI is InChI=1S/C25H32ClN3O4S/c1-3-33-24-10-9-23(16-19(24)2)34(31,32)29-11-5-6-20(18-29)25(30)28-14-12-27(13-15-28)22-8-4-7-21(26)17-22/h4,7-10,16-17,20H,3,5-6,11-15,18H2,1-2H3/t20-/m0/s1. The lowest BCUT2D eigenvalue weighted by Gasteiger charge is -2.39. The molecule has 184 valence electrons. The highest BCUT2D eigenvalue weighted by Crippen LogP contribution is 2.29. The van der Waals surface area contributed by atoms with Crippen molar-refractivity contribution in [2.75, 3.05) is 50.8 Å². The minimum Gasteiger partial charge on any atom is -0.494 e. The fourth-order valence-corrected chi connectivity index (χ4v) is 6.52. The van der Waals surface area contributed by atoms with E-state index in [9.17, 15) is 13.2 Å². The van der Waals surface area contributed by atoms with Crippen LogP contribution in [0.15, 0.2) is 47.4 Å². The molecule has 2 heterocycles. The number of carbonyl (C=O) groups is 1. The van der Waals surface area contributed by atoms with Crippen LogP contribution in [0.1, 0.15) is 25.3 Å². The van der Waals surface area contributed by atoms with Gasteiger partial charge in [-0.1, -0.05) is 17.7 Å². The number of ether oxygens (including phenoxy) is 1. The fourth-order valence-electron chi connectivity index (χ4n) is 4.73. The Hall–Kier alpha value is -2.29. The number of piperidine rings is 1. The Bertz CT molecular complexity index is 1130. The number of rotatable bonds is 6. The van der Waals surface area contributed by atoms with E-state index < -0.39 is 10.0 Å². The van der Waals surface area contributed by atoms with Gasteiger partial charge in [-0.15, -0.1) is 0 Å². The summed E-state index contributed by atoms with van der Waals surface area (Å²) in [7, 11) is -3.68. The normalized spacial score (nSPS) is 19.8. The van der Waals surface area contributed by atoms with Crippen LogP contribution in [0.5, 0.6) is 5.75 Å². The molecule has 2 aliphatic rings. The molecule has 0 aromatic heterocycles. The molecule has 0 unspecified atom stereocenters. The average Bonchev–Trinajstić information content (AvgIpc) is 2.85. The number of piperazine rings is 1. The zero-order valence-electron chi connectivity index (χ0n) is 19.7. The molecular formula is C25H32ClN3O4S. The monoisotopic (exact) mass is 505 g/mol. The number of halogens is 1. The Morgan fingerprint density at radius 3 is 2.53 bits per heavy atom. The van der Waals surface area contributed by atoms with Gasteiger partial charge in [-0.2, -0.15) is 4.31 Å². The predicted octanol–water partition coefficient (Wildman–Crippen LogP) is 3.80. The number of hydrogen-bond donors (Lipinski definition) is 0. The van der Waals surface area contributed by atoms with Gasteiger partial charge in [0.1, 0.15) is 5.75 Å². The molecule has 4 rings (SSSR count). The van der Waals surface area contributed by atoms with E-state index in [-0.39, 0.29) is 23.3 Å². The molecule has 34 heavy (non-hydrogen) atoms. The Balaban J connectivity index is 1.39. The van der Waals surface area contributed by atoms with Gasteiger partial charge >= 0.3 is 0 Å². The van der Waals surface area contributed by atoms with Crippen molar-refractivity contribution in [2.45, 2.75) is 31.6 Å². The minimum atomic E-state index is -3.68. The molecule has 0 saturated carbocycles. The lowest BCUT2D eigenvalue weighted by molar-refractivity contribution is -0.137. The van der Waals surface area contributed by atoms with Gasteiger partial charge in [0.25, 0.3) is 0 Å². The number of aryl methyl sites for hydroxylation is 1. The van der Waals surface area contributed by atoms with Crippen LogP contribution in [0.2, 0.25) is 5.02 Å². The summed E-state index contributed by atoms with van der Waals surface area (Å²) in [6, 6.07) is 12.7. The van der Waals surface area contributed by atoms with Gasteiger partial charge in [0.15, 0.2) is 0 Å². The van der Waals surface area contributed by atoms with Gasteiger partial charge < -0.3 is 14.5 Å². The molecule has 0 N–H and O–H groups in total. The van der Waals surface area contributed by atoms with E-state index in [2.05, 4.69) is 4.90 Å². The second-order valence-corrected chi connectivity index (χ2v) is 11.2. The number of carbonyl (C=O) groups excluding carboxylic acids is 1. The Morgan fingerprint density at radius 1 is 1.09 bits per heavy atom. The van der Waals surface area contributed by atoms with Crippen molar-refractivity contribution >= 4 is 33.2 Å². The largest absolute Gasteiger partial charge is 0.494 e. The van der Waals surface area contributed by atoms with E-state index >= 15 is 0 Å². The van der Waals surface area contributed by atoms with Crippen molar-refractivity contribution in [3.8, 4) is 5.75 Å². The third kappa shape index (κ3) is 5.34. The number of nitrogens with zero attached hydrogens (tertiary/aromatic N) is 3. The van der Waals surface area contributed by atoms with E-state index in [0.717, 1.165) is 24.3 Å². The summed E-state index contributed by atoms with van der Waals surface area (Å²) in [5.41, 5.74) is 1.84. The zero-order chi connectivity index (χ0) is 24.3. The van der Waals surface area contributed by atoms with Gasteiger partial charge in [0, 0.05) is 50.0 Å². The first kappa shape index (κ1) is 24.8. The first-order valence-corrected chi connectivity index (χ1v) is 13.6. The van der Waals surface area contributed by atoms with Gasteiger partial charge in [-0.25, -0.2) is 8.42 Å². The maximum absolute atomic E-state index is 13.3. The second kappa shape index (κ2) is 10.5. The summed E-state index contributed by atoms with van der Waals surface area (Å²) in [6.07, 6.45) is 1.38. The van der Waals surface area contributed by atoms with Crippen molar-refractivity contribution in [3.63, 3.8) is 0 Å². The molecule has 0 bridgehead atoms. The molecule has 2 aliphatic heterocycles.